The average molecular weight is 431 g/mol. The molecule has 0 saturated carbocycles. The van der Waals surface area contributed by atoms with Crippen LogP contribution in [0.25, 0.3) is 0 Å². The van der Waals surface area contributed by atoms with E-state index in [0.29, 0.717) is 13.1 Å². The van der Waals surface area contributed by atoms with Gasteiger partial charge in [-0.2, -0.15) is 0 Å². The minimum Gasteiger partial charge on any atom is -0.497 e. The Morgan fingerprint density at radius 1 is 0.903 bits per heavy atom. The average Bonchev–Trinajstić information content (AvgIpc) is 2.79. The van der Waals surface area contributed by atoms with Crippen molar-refractivity contribution in [3.05, 3.63) is 29.8 Å². The Morgan fingerprint density at radius 2 is 1.48 bits per heavy atom. The molecule has 3 rings (SSSR count). The highest BCUT2D eigenvalue weighted by Crippen LogP contribution is 2.24. The summed E-state index contributed by atoms with van der Waals surface area (Å²) in [5, 5.41) is 3.21. The number of amides is 2. The van der Waals surface area contributed by atoms with Gasteiger partial charge in [0.25, 0.3) is 0 Å². The predicted octanol–water partition coefficient (Wildman–Crippen LogP) is 2.14. The van der Waals surface area contributed by atoms with E-state index in [9.17, 15) is 9.59 Å². The van der Waals surface area contributed by atoms with Crippen molar-refractivity contribution in [3.63, 3.8) is 0 Å². The van der Waals surface area contributed by atoms with E-state index in [1.807, 2.05) is 29.2 Å². The van der Waals surface area contributed by atoms with Gasteiger partial charge in [0.1, 0.15) is 5.75 Å². The third-order valence-electron chi connectivity index (χ3n) is 6.36. The standard InChI is InChI=1S/C24H38N4O3/c1-19(2)24(20-7-9-21(31-3)10-8-20)25-22(29)17-26-13-15-27(16-14-26)18-23(30)28-11-5-4-6-12-28/h7-10,19,24H,4-6,11-18H2,1-3H3,(H,25,29)/t24-/m0/s1. The van der Waals surface area contributed by atoms with Crippen LogP contribution in [0.15, 0.2) is 24.3 Å². The van der Waals surface area contributed by atoms with E-state index in [1.165, 1.54) is 6.42 Å². The lowest BCUT2D eigenvalue weighted by atomic mass is 9.96. The molecule has 0 aromatic heterocycles. The van der Waals surface area contributed by atoms with E-state index in [1.54, 1.807) is 7.11 Å². The topological polar surface area (TPSA) is 65.1 Å². The Kier molecular flexibility index (Phi) is 8.72. The normalized spacial score (nSPS) is 19.3. The van der Waals surface area contributed by atoms with Crippen molar-refractivity contribution in [2.75, 3.05) is 59.5 Å². The van der Waals surface area contributed by atoms with Gasteiger partial charge in [-0.1, -0.05) is 26.0 Å². The van der Waals surface area contributed by atoms with E-state index in [4.69, 9.17) is 4.74 Å². The number of piperidine rings is 1. The number of ether oxygens (including phenoxy) is 1. The molecule has 1 atom stereocenters. The van der Waals surface area contributed by atoms with Crippen LogP contribution < -0.4 is 10.1 Å². The van der Waals surface area contributed by atoms with Crippen molar-refractivity contribution in [3.8, 4) is 5.75 Å². The van der Waals surface area contributed by atoms with E-state index >= 15 is 0 Å². The van der Waals surface area contributed by atoms with Crippen molar-refractivity contribution >= 4 is 11.8 Å². The molecule has 172 valence electrons. The van der Waals surface area contributed by atoms with Crippen LogP contribution in [0.5, 0.6) is 5.75 Å². The SMILES string of the molecule is COc1ccc([C@@H](NC(=O)CN2CCN(CC(=O)N3CCCCC3)CC2)C(C)C)cc1. The summed E-state index contributed by atoms with van der Waals surface area (Å²) in [5.41, 5.74) is 1.09. The van der Waals surface area contributed by atoms with Crippen molar-refractivity contribution in [2.45, 2.75) is 39.2 Å². The van der Waals surface area contributed by atoms with Crippen LogP contribution in [0, 0.1) is 5.92 Å². The molecule has 0 unspecified atom stereocenters. The highest BCUT2D eigenvalue weighted by atomic mass is 16.5. The second kappa shape index (κ2) is 11.5. The fraction of sp³-hybridized carbons (Fsp3) is 0.667. The Labute approximate surface area is 186 Å². The highest BCUT2D eigenvalue weighted by Gasteiger charge is 2.25. The van der Waals surface area contributed by atoms with Crippen molar-refractivity contribution in [1.29, 1.82) is 0 Å². The summed E-state index contributed by atoms with van der Waals surface area (Å²) in [6.45, 7) is 10.2. The first-order valence-corrected chi connectivity index (χ1v) is 11.6. The van der Waals surface area contributed by atoms with E-state index < -0.39 is 0 Å². The zero-order valence-corrected chi connectivity index (χ0v) is 19.3. The van der Waals surface area contributed by atoms with Gasteiger partial charge in [-0.25, -0.2) is 0 Å². The first kappa shape index (κ1) is 23.5. The number of rotatable bonds is 8. The fourth-order valence-corrected chi connectivity index (χ4v) is 4.41. The quantitative estimate of drug-likeness (QED) is 0.685. The summed E-state index contributed by atoms with van der Waals surface area (Å²) in [6, 6.07) is 7.87. The maximum atomic E-state index is 12.7. The van der Waals surface area contributed by atoms with E-state index in [0.717, 1.165) is 63.4 Å². The second-order valence-corrected chi connectivity index (χ2v) is 9.06. The number of carbonyl (C=O) groups is 2. The molecule has 1 N–H and O–H groups in total. The minimum absolute atomic E-state index is 0.0261. The van der Waals surface area contributed by atoms with Crippen LogP contribution in [0.4, 0.5) is 0 Å². The molecular weight excluding hydrogens is 392 g/mol. The summed E-state index contributed by atoms with van der Waals surface area (Å²) in [6.07, 6.45) is 3.49. The summed E-state index contributed by atoms with van der Waals surface area (Å²) < 4.78 is 5.24. The van der Waals surface area contributed by atoms with Gasteiger partial charge in [-0.15, -0.1) is 0 Å². The van der Waals surface area contributed by atoms with Crippen LogP contribution in [0.2, 0.25) is 0 Å². The van der Waals surface area contributed by atoms with Crippen LogP contribution in [-0.2, 0) is 9.59 Å². The van der Waals surface area contributed by atoms with Gasteiger partial charge in [-0.3, -0.25) is 19.4 Å². The van der Waals surface area contributed by atoms with E-state index in [2.05, 4.69) is 29.0 Å². The molecular formula is C24H38N4O3. The number of methoxy groups -OCH3 is 1. The maximum Gasteiger partial charge on any atom is 0.236 e. The van der Waals surface area contributed by atoms with Crippen molar-refractivity contribution in [1.82, 2.24) is 20.0 Å². The lowest BCUT2D eigenvalue weighted by Crippen LogP contribution is -2.52. The fourth-order valence-electron chi connectivity index (χ4n) is 4.41. The molecule has 1 aromatic rings. The number of hydrogen-bond donors (Lipinski definition) is 1. The Balaban J connectivity index is 1.43. The molecule has 2 heterocycles. The van der Waals surface area contributed by atoms with Gasteiger partial charge in [0.2, 0.25) is 11.8 Å². The zero-order chi connectivity index (χ0) is 22.2. The lowest BCUT2D eigenvalue weighted by Gasteiger charge is -2.36. The molecule has 2 amide bonds. The molecule has 0 bridgehead atoms. The lowest BCUT2D eigenvalue weighted by molar-refractivity contribution is -0.134. The molecule has 1 aromatic carbocycles. The molecule has 7 nitrogen and oxygen atoms in total. The third-order valence-corrected chi connectivity index (χ3v) is 6.36. The number of piperazine rings is 1. The number of benzene rings is 1. The minimum atomic E-state index is -0.0261. The van der Waals surface area contributed by atoms with Crippen molar-refractivity contribution < 1.29 is 14.3 Å². The molecule has 2 fully saturated rings. The zero-order valence-electron chi connectivity index (χ0n) is 19.3. The smallest absolute Gasteiger partial charge is 0.236 e. The molecule has 0 aliphatic carbocycles. The van der Waals surface area contributed by atoms with Crippen LogP contribution in [-0.4, -0.2) is 86.0 Å². The van der Waals surface area contributed by atoms with Gasteiger partial charge in [-0.05, 0) is 42.9 Å². The number of nitrogens with one attached hydrogen (secondary N) is 1. The third kappa shape index (κ3) is 6.94. The number of hydrogen-bond acceptors (Lipinski definition) is 5. The molecule has 0 radical (unpaired) electrons. The summed E-state index contributed by atoms with van der Waals surface area (Å²) in [4.78, 5) is 31.6. The second-order valence-electron chi connectivity index (χ2n) is 9.06. The molecule has 0 spiro atoms. The van der Waals surface area contributed by atoms with Crippen LogP contribution >= 0.6 is 0 Å². The molecule has 2 saturated heterocycles. The number of carbonyl (C=O) groups excluding carboxylic acids is 2. The monoisotopic (exact) mass is 430 g/mol. The molecule has 2 aliphatic rings. The van der Waals surface area contributed by atoms with Gasteiger partial charge in [0.05, 0.1) is 26.2 Å². The maximum absolute atomic E-state index is 12.7. The summed E-state index contributed by atoms with van der Waals surface area (Å²) in [5.74, 6) is 1.40. The first-order chi connectivity index (χ1) is 15.0. The largest absolute Gasteiger partial charge is 0.497 e. The van der Waals surface area contributed by atoms with Gasteiger partial charge in [0.15, 0.2) is 0 Å². The highest BCUT2D eigenvalue weighted by molar-refractivity contribution is 5.79. The van der Waals surface area contributed by atoms with Gasteiger partial charge >= 0.3 is 0 Å². The molecule has 31 heavy (non-hydrogen) atoms. The Bertz CT molecular complexity index is 708. The summed E-state index contributed by atoms with van der Waals surface area (Å²) in [7, 11) is 1.65. The van der Waals surface area contributed by atoms with E-state index in [-0.39, 0.29) is 23.8 Å². The van der Waals surface area contributed by atoms with Crippen LogP contribution in [0.1, 0.15) is 44.7 Å². The van der Waals surface area contributed by atoms with Gasteiger partial charge in [0, 0.05) is 39.3 Å². The number of nitrogens with zero attached hydrogens (tertiary/aromatic N) is 3. The Morgan fingerprint density at radius 3 is 2.03 bits per heavy atom. The molecule has 7 heteroatoms. The first-order valence-electron chi connectivity index (χ1n) is 11.6. The Hall–Kier alpha value is -2.12. The summed E-state index contributed by atoms with van der Waals surface area (Å²) >= 11 is 0. The molecule has 2 aliphatic heterocycles. The number of likely N-dealkylation sites (tertiary alicyclic amines) is 1. The predicted molar refractivity (Wildman–Crippen MR) is 122 cm³/mol. The van der Waals surface area contributed by atoms with Gasteiger partial charge < -0.3 is 15.0 Å². The van der Waals surface area contributed by atoms with Crippen LogP contribution in [0.3, 0.4) is 0 Å². The van der Waals surface area contributed by atoms with Crippen molar-refractivity contribution in [2.24, 2.45) is 5.92 Å².